The second-order valence-corrected chi connectivity index (χ2v) is 18.6. The Hall–Kier alpha value is -5.78. The molecule has 1 heterocycles. The first kappa shape index (κ1) is 45.3. The normalized spacial score (nSPS) is 11.2. The van der Waals surface area contributed by atoms with Gasteiger partial charge in [0, 0.05) is 23.3 Å². The molecule has 0 radical (unpaired) electrons. The first-order chi connectivity index (χ1) is 28.4. The maximum atomic E-state index is 12.8. The molecule has 312 valence electrons. The van der Waals surface area contributed by atoms with E-state index in [0.717, 1.165) is 33.6 Å². The minimum atomic E-state index is -3.90. The molecule has 0 aliphatic carbocycles. The number of aromatic nitrogens is 1. The van der Waals surface area contributed by atoms with Crippen molar-refractivity contribution < 1.29 is 41.4 Å². The van der Waals surface area contributed by atoms with E-state index in [4.69, 9.17) is 33.4 Å². The lowest BCUT2D eigenvalue weighted by atomic mass is 10.0. The molecule has 5 aromatic carbocycles. The number of benzene rings is 5. The molecule has 0 aliphatic heterocycles. The van der Waals surface area contributed by atoms with Gasteiger partial charge in [-0.05, 0) is 122 Å². The number of carbonyl (C=O) groups excluding carboxylic acids is 1. The maximum absolute atomic E-state index is 12.8. The van der Waals surface area contributed by atoms with Gasteiger partial charge in [0.15, 0.2) is 9.34 Å². The Morgan fingerprint density at radius 2 is 1.08 bits per heavy atom. The van der Waals surface area contributed by atoms with Crippen molar-refractivity contribution in [2.75, 3.05) is 14.8 Å². The van der Waals surface area contributed by atoms with Gasteiger partial charge in [-0.2, -0.15) is 0 Å². The van der Waals surface area contributed by atoms with E-state index in [2.05, 4.69) is 19.7 Å². The lowest BCUT2D eigenvalue weighted by Gasteiger charge is -2.11. The van der Waals surface area contributed by atoms with Gasteiger partial charge in [0.1, 0.15) is 4.90 Å². The highest BCUT2D eigenvalue weighted by molar-refractivity contribution is 7.94. The van der Waals surface area contributed by atoms with Crippen LogP contribution in [0, 0.1) is 6.92 Å². The smallest absolute Gasteiger partial charge is 0.335 e. The molecule has 1 aromatic heterocycles. The molecule has 13 nitrogen and oxygen atoms in total. The molecular weight excluding hydrogens is 872 g/mol. The Morgan fingerprint density at radius 1 is 0.633 bits per heavy atom. The van der Waals surface area contributed by atoms with Crippen molar-refractivity contribution in [2.24, 2.45) is 0 Å². The molecule has 0 unspecified atom stereocenters. The number of carbonyl (C=O) groups is 3. The Labute approximate surface area is 361 Å². The standard InChI is InChI=1S/C21H17Cl2NO4S.C21H21N3O5S2/c22-17-9-10-19(23)20(13-17)29(27,28)24-18-6-2-4-15(12-18)8-7-14-3-1-5-16(11-14)21(25)26;1-13-20(30-21(22-13)23-14(2)25)31(28,29)24-18-8-4-6-16(12-18)10-9-15-5-3-7-17(11-15)19(26)27/h1-6,9-13,24H,7-8H2,(H,25,26);3-8,11-12,24H,9-10H2,1-2H3,(H,26,27)(H,22,23,25). The van der Waals surface area contributed by atoms with Crippen LogP contribution in [0.5, 0.6) is 0 Å². The summed E-state index contributed by atoms with van der Waals surface area (Å²) in [5.41, 5.74) is 5.17. The van der Waals surface area contributed by atoms with E-state index in [1.807, 2.05) is 24.3 Å². The summed E-state index contributed by atoms with van der Waals surface area (Å²) in [5, 5.41) is 21.3. The van der Waals surface area contributed by atoms with Crippen molar-refractivity contribution in [1.82, 2.24) is 4.98 Å². The zero-order chi connectivity index (χ0) is 43.6. The van der Waals surface area contributed by atoms with Gasteiger partial charge >= 0.3 is 11.9 Å². The van der Waals surface area contributed by atoms with Gasteiger partial charge in [-0.25, -0.2) is 31.4 Å². The average molecular weight is 910 g/mol. The van der Waals surface area contributed by atoms with Crippen molar-refractivity contribution in [1.29, 1.82) is 0 Å². The van der Waals surface area contributed by atoms with E-state index in [1.165, 1.54) is 25.1 Å². The van der Waals surface area contributed by atoms with Crippen LogP contribution in [0.2, 0.25) is 10.0 Å². The fourth-order valence-electron chi connectivity index (χ4n) is 5.81. The topological polar surface area (TPSA) is 209 Å². The molecule has 0 aliphatic rings. The van der Waals surface area contributed by atoms with Crippen molar-refractivity contribution in [2.45, 2.75) is 48.6 Å². The van der Waals surface area contributed by atoms with Crippen LogP contribution in [-0.2, 0) is 50.5 Å². The molecule has 6 aromatic rings. The van der Waals surface area contributed by atoms with Gasteiger partial charge in [0.05, 0.1) is 21.8 Å². The monoisotopic (exact) mass is 908 g/mol. The molecule has 18 heteroatoms. The highest BCUT2D eigenvalue weighted by Gasteiger charge is 2.23. The predicted molar refractivity (Wildman–Crippen MR) is 234 cm³/mol. The number of halogens is 2. The van der Waals surface area contributed by atoms with Gasteiger partial charge < -0.3 is 15.5 Å². The van der Waals surface area contributed by atoms with E-state index < -0.39 is 32.0 Å². The quantitative estimate of drug-likeness (QED) is 0.0661. The van der Waals surface area contributed by atoms with Gasteiger partial charge in [0.25, 0.3) is 20.0 Å². The fourth-order valence-corrected chi connectivity index (χ4v) is 10.1. The van der Waals surface area contributed by atoms with Crippen molar-refractivity contribution in [3.63, 3.8) is 0 Å². The van der Waals surface area contributed by atoms with Gasteiger partial charge in [-0.1, -0.05) is 83.1 Å². The van der Waals surface area contributed by atoms with E-state index in [0.29, 0.717) is 42.8 Å². The summed E-state index contributed by atoms with van der Waals surface area (Å²) in [5.74, 6) is -2.27. The maximum Gasteiger partial charge on any atom is 0.335 e. The number of thiazole rings is 1. The Kier molecular flexibility index (Phi) is 15.1. The number of aryl methyl sites for hydroxylation is 5. The van der Waals surface area contributed by atoms with Crippen LogP contribution in [-0.4, -0.2) is 49.9 Å². The van der Waals surface area contributed by atoms with Crippen LogP contribution >= 0.6 is 34.5 Å². The number of nitrogens with one attached hydrogen (secondary N) is 3. The number of anilines is 3. The molecule has 1 amide bonds. The van der Waals surface area contributed by atoms with Crippen molar-refractivity contribution >= 4 is 88.9 Å². The Morgan fingerprint density at radius 3 is 1.55 bits per heavy atom. The number of rotatable bonds is 15. The fraction of sp³-hybridized carbons (Fsp3) is 0.143. The van der Waals surface area contributed by atoms with Crippen LogP contribution in [0.25, 0.3) is 0 Å². The first-order valence-corrected chi connectivity index (χ1v) is 22.5. The average Bonchev–Trinajstić information content (AvgIpc) is 3.57. The highest BCUT2D eigenvalue weighted by Crippen LogP contribution is 2.30. The van der Waals surface area contributed by atoms with E-state index in [1.54, 1.807) is 79.7 Å². The first-order valence-electron chi connectivity index (χ1n) is 18.0. The largest absolute Gasteiger partial charge is 0.478 e. The van der Waals surface area contributed by atoms with E-state index in [9.17, 15) is 31.2 Å². The highest BCUT2D eigenvalue weighted by atomic mass is 35.5. The minimum absolute atomic E-state index is 0.0344. The third kappa shape index (κ3) is 12.9. The molecule has 0 spiro atoms. The molecule has 0 fully saturated rings. The number of aromatic carboxylic acids is 2. The summed E-state index contributed by atoms with van der Waals surface area (Å²) >= 11 is 12.8. The lowest BCUT2D eigenvalue weighted by Crippen LogP contribution is -2.13. The molecular formula is C42H38Cl2N4O9S3. The van der Waals surface area contributed by atoms with Crippen LogP contribution in [0.3, 0.4) is 0 Å². The Bertz CT molecular complexity index is 2780. The summed E-state index contributed by atoms with van der Waals surface area (Å²) in [4.78, 5) is 37.4. The zero-order valence-electron chi connectivity index (χ0n) is 32.0. The molecule has 0 atom stereocenters. The number of hydrogen-bond donors (Lipinski definition) is 5. The summed E-state index contributed by atoms with van der Waals surface area (Å²) in [6.07, 6.45) is 2.48. The van der Waals surface area contributed by atoms with Crippen LogP contribution in [0.1, 0.15) is 55.6 Å². The molecule has 60 heavy (non-hydrogen) atoms. The Balaban J connectivity index is 0.000000228. The summed E-state index contributed by atoms with van der Waals surface area (Å²) < 4.78 is 56.0. The lowest BCUT2D eigenvalue weighted by molar-refractivity contribution is -0.114. The van der Waals surface area contributed by atoms with Crippen LogP contribution in [0.15, 0.2) is 124 Å². The van der Waals surface area contributed by atoms with E-state index in [-0.39, 0.29) is 41.3 Å². The van der Waals surface area contributed by atoms with Crippen LogP contribution < -0.4 is 14.8 Å². The van der Waals surface area contributed by atoms with Crippen LogP contribution in [0.4, 0.5) is 16.5 Å². The number of carboxylic acids is 2. The summed E-state index contributed by atoms with van der Waals surface area (Å²) in [7, 11) is -7.77. The molecule has 5 N–H and O–H groups in total. The second-order valence-electron chi connectivity index (χ2n) is 13.3. The van der Waals surface area contributed by atoms with Gasteiger partial charge in [0.2, 0.25) is 5.91 Å². The number of sulfonamides is 2. The zero-order valence-corrected chi connectivity index (χ0v) is 35.9. The van der Waals surface area contributed by atoms with E-state index >= 15 is 0 Å². The van der Waals surface area contributed by atoms with Crippen molar-refractivity contribution in [3.05, 3.63) is 164 Å². The van der Waals surface area contributed by atoms with Gasteiger partial charge in [-0.3, -0.25) is 14.2 Å². The molecule has 6 rings (SSSR count). The minimum Gasteiger partial charge on any atom is -0.478 e. The number of nitrogens with zero attached hydrogens (tertiary/aromatic N) is 1. The molecule has 0 bridgehead atoms. The third-order valence-electron chi connectivity index (χ3n) is 8.57. The predicted octanol–water partition coefficient (Wildman–Crippen LogP) is 8.97. The van der Waals surface area contributed by atoms with Gasteiger partial charge in [-0.15, -0.1) is 0 Å². The third-order valence-corrected chi connectivity index (χ3v) is 13.7. The SMILES string of the molecule is CC(=O)Nc1nc(C)c(S(=O)(=O)Nc2cccc(CCc3cccc(C(=O)O)c3)c2)s1.O=C(O)c1cccc(CCc2cccc(NS(=O)(=O)c3cc(Cl)ccc3Cl)c2)c1. The number of amides is 1. The summed E-state index contributed by atoms with van der Waals surface area (Å²) in [6.45, 7) is 2.89. The summed E-state index contributed by atoms with van der Waals surface area (Å²) in [6, 6.07) is 31.8. The number of hydrogen-bond acceptors (Lipinski definition) is 9. The van der Waals surface area contributed by atoms with Crippen molar-refractivity contribution in [3.8, 4) is 0 Å². The molecule has 0 saturated heterocycles. The second kappa shape index (κ2) is 20.0. The molecule has 0 saturated carbocycles. The number of carboxylic acid groups (broad SMARTS) is 2.